The number of nitrogens with zero attached hydrogens (tertiary/aromatic N) is 4. The number of para-hydroxylation sites is 1. The summed E-state index contributed by atoms with van der Waals surface area (Å²) in [5, 5.41) is 4.85. The molecule has 174 valence electrons. The molecule has 3 aromatic rings. The largest absolute Gasteiger partial charge is 0.439 e. The van der Waals surface area contributed by atoms with Crippen LogP contribution >= 0.6 is 0 Å². The summed E-state index contributed by atoms with van der Waals surface area (Å²) >= 11 is 0. The van der Waals surface area contributed by atoms with E-state index in [0.29, 0.717) is 18.2 Å². The zero-order valence-corrected chi connectivity index (χ0v) is 19.2. The van der Waals surface area contributed by atoms with Gasteiger partial charge in [0.15, 0.2) is 0 Å². The molecule has 0 atom stereocenters. The van der Waals surface area contributed by atoms with Crippen molar-refractivity contribution in [2.45, 2.75) is 38.8 Å². The zero-order valence-electron chi connectivity index (χ0n) is 19.2. The Labute approximate surface area is 198 Å². The van der Waals surface area contributed by atoms with Crippen LogP contribution < -0.4 is 16.2 Å². The lowest BCUT2D eigenvalue weighted by molar-refractivity contribution is -0.125. The topological polar surface area (TPSA) is 112 Å². The first kappa shape index (κ1) is 22.0. The van der Waals surface area contributed by atoms with Gasteiger partial charge in [-0.15, -0.1) is 0 Å². The van der Waals surface area contributed by atoms with E-state index in [2.05, 4.69) is 16.8 Å². The summed E-state index contributed by atoms with van der Waals surface area (Å²) in [7, 11) is 0. The fraction of sp³-hybridized carbons (Fsp3) is 0.346. The number of benzene rings is 1. The van der Waals surface area contributed by atoms with E-state index in [9.17, 15) is 4.79 Å². The number of carbonyl (C=O) groups is 1. The van der Waals surface area contributed by atoms with Crippen molar-refractivity contribution in [3.05, 3.63) is 54.2 Å². The summed E-state index contributed by atoms with van der Waals surface area (Å²) in [6.07, 6.45) is 4.60. The van der Waals surface area contributed by atoms with E-state index in [1.165, 1.54) is 0 Å². The van der Waals surface area contributed by atoms with Crippen LogP contribution in [0.2, 0.25) is 0 Å². The Morgan fingerprint density at radius 2 is 2.03 bits per heavy atom. The number of anilines is 1. The van der Waals surface area contributed by atoms with Gasteiger partial charge in [0, 0.05) is 43.0 Å². The second-order valence-electron chi connectivity index (χ2n) is 9.08. The Morgan fingerprint density at radius 1 is 1.24 bits per heavy atom. The molecule has 0 bridgehead atoms. The van der Waals surface area contributed by atoms with Gasteiger partial charge < -0.3 is 21.1 Å². The van der Waals surface area contributed by atoms with Gasteiger partial charge in [-0.05, 0) is 55.7 Å². The molecule has 2 aliphatic rings. The van der Waals surface area contributed by atoms with Crippen molar-refractivity contribution in [2.75, 3.05) is 18.8 Å². The van der Waals surface area contributed by atoms with E-state index in [0.717, 1.165) is 54.9 Å². The van der Waals surface area contributed by atoms with E-state index in [1.807, 2.05) is 52.0 Å². The van der Waals surface area contributed by atoms with Gasteiger partial charge in [-0.3, -0.25) is 4.79 Å². The lowest BCUT2D eigenvalue weighted by Crippen LogP contribution is -2.42. The molecule has 34 heavy (non-hydrogen) atoms. The number of aromatic nitrogens is 3. The second-order valence-corrected chi connectivity index (χ2v) is 9.08. The van der Waals surface area contributed by atoms with Crippen molar-refractivity contribution >= 4 is 11.7 Å². The molecule has 1 aromatic carbocycles. The van der Waals surface area contributed by atoms with Crippen molar-refractivity contribution in [2.24, 2.45) is 11.1 Å². The lowest BCUT2D eigenvalue weighted by Gasteiger charge is -2.45. The molecule has 2 aromatic heterocycles. The van der Waals surface area contributed by atoms with Gasteiger partial charge in [0.25, 0.3) is 5.91 Å². The molecule has 1 saturated carbocycles. The quantitative estimate of drug-likeness (QED) is 0.570. The van der Waals surface area contributed by atoms with Crippen LogP contribution in [0.3, 0.4) is 0 Å². The number of rotatable bonds is 5. The number of nitrogen functional groups attached to an aromatic ring is 1. The summed E-state index contributed by atoms with van der Waals surface area (Å²) in [5.41, 5.74) is 15.1. The van der Waals surface area contributed by atoms with Gasteiger partial charge in [0.2, 0.25) is 5.88 Å². The fourth-order valence-electron chi connectivity index (χ4n) is 5.12. The highest BCUT2D eigenvalue weighted by molar-refractivity contribution is 5.93. The van der Waals surface area contributed by atoms with Gasteiger partial charge in [-0.2, -0.15) is 5.10 Å². The van der Waals surface area contributed by atoms with E-state index < -0.39 is 0 Å². The van der Waals surface area contributed by atoms with Crippen LogP contribution in [-0.4, -0.2) is 38.7 Å². The molecule has 1 amide bonds. The molecule has 1 saturated heterocycles. The van der Waals surface area contributed by atoms with Crippen molar-refractivity contribution < 1.29 is 9.53 Å². The molecular formula is C26H28N6O2. The summed E-state index contributed by atoms with van der Waals surface area (Å²) in [5.74, 6) is 7.10. The number of hydrogen-bond acceptors (Lipinski definition) is 6. The maximum Gasteiger partial charge on any atom is 0.298 e. The lowest BCUT2D eigenvalue weighted by atomic mass is 9.65. The standard InChI is InChI=1S/C26H28N6O2/c1-2-6-23(33)31-12-11-26(17-31)13-19(14-26)32-25(28)21(15-27)24(30-32)18-9-10-22(29-16-18)34-20-7-4-3-5-8-20/h3-5,7-10,16,19H,11-15,17,27-28H2,1H3/t19-,26+. The molecule has 1 aliphatic carbocycles. The Bertz CT molecular complexity index is 1250. The molecule has 3 heterocycles. The first-order valence-corrected chi connectivity index (χ1v) is 11.5. The first-order valence-electron chi connectivity index (χ1n) is 11.5. The number of likely N-dealkylation sites (tertiary alicyclic amines) is 1. The van der Waals surface area contributed by atoms with Gasteiger partial charge in [0.1, 0.15) is 17.3 Å². The predicted octanol–water partition coefficient (Wildman–Crippen LogP) is 3.36. The van der Waals surface area contributed by atoms with Crippen LogP contribution in [0.5, 0.6) is 11.6 Å². The summed E-state index contributed by atoms with van der Waals surface area (Å²) in [6, 6.07) is 13.5. The van der Waals surface area contributed by atoms with Crippen LogP contribution in [0.1, 0.15) is 37.8 Å². The fourth-order valence-corrected chi connectivity index (χ4v) is 5.12. The smallest absolute Gasteiger partial charge is 0.298 e. The molecule has 4 N–H and O–H groups in total. The summed E-state index contributed by atoms with van der Waals surface area (Å²) in [6.45, 7) is 3.49. The van der Waals surface area contributed by atoms with Crippen LogP contribution in [0, 0.1) is 17.3 Å². The third kappa shape index (κ3) is 3.99. The minimum Gasteiger partial charge on any atom is -0.439 e. The Kier molecular flexibility index (Phi) is 5.72. The number of ether oxygens (including phenoxy) is 1. The molecule has 1 aliphatic heterocycles. The first-order chi connectivity index (χ1) is 16.5. The van der Waals surface area contributed by atoms with Gasteiger partial charge >= 0.3 is 0 Å². The molecule has 1 spiro atoms. The normalized spacial score (nSPS) is 21.1. The number of carbonyl (C=O) groups excluding carboxylic acids is 1. The minimum atomic E-state index is -0.0821. The van der Waals surface area contributed by atoms with E-state index in [4.69, 9.17) is 21.3 Å². The zero-order chi connectivity index (χ0) is 23.7. The average molecular weight is 457 g/mol. The predicted molar refractivity (Wildman–Crippen MR) is 130 cm³/mol. The van der Waals surface area contributed by atoms with Crippen LogP contribution in [0.25, 0.3) is 11.3 Å². The number of pyridine rings is 1. The van der Waals surface area contributed by atoms with E-state index in [1.54, 1.807) is 13.1 Å². The van der Waals surface area contributed by atoms with E-state index >= 15 is 0 Å². The molecule has 8 heteroatoms. The highest BCUT2D eigenvalue weighted by Crippen LogP contribution is 2.54. The highest BCUT2D eigenvalue weighted by atomic mass is 16.5. The van der Waals surface area contributed by atoms with Crippen molar-refractivity contribution in [3.63, 3.8) is 0 Å². The maximum absolute atomic E-state index is 12.1. The molecule has 8 nitrogen and oxygen atoms in total. The highest BCUT2D eigenvalue weighted by Gasteiger charge is 2.50. The minimum absolute atomic E-state index is 0.0821. The summed E-state index contributed by atoms with van der Waals surface area (Å²) in [4.78, 5) is 18.4. The Hall–Kier alpha value is -3.83. The van der Waals surface area contributed by atoms with Crippen molar-refractivity contribution in [1.29, 1.82) is 0 Å². The van der Waals surface area contributed by atoms with Crippen LogP contribution in [0.4, 0.5) is 5.82 Å². The monoisotopic (exact) mass is 456 g/mol. The molecule has 5 rings (SSSR count). The molecule has 0 radical (unpaired) electrons. The Balaban J connectivity index is 1.31. The van der Waals surface area contributed by atoms with Crippen LogP contribution in [0.15, 0.2) is 48.7 Å². The third-order valence-electron chi connectivity index (χ3n) is 6.87. The number of amides is 1. The molecule has 2 fully saturated rings. The summed E-state index contributed by atoms with van der Waals surface area (Å²) < 4.78 is 7.70. The second kappa shape index (κ2) is 8.84. The van der Waals surface area contributed by atoms with Gasteiger partial charge in [-0.25, -0.2) is 9.67 Å². The Morgan fingerprint density at radius 3 is 2.71 bits per heavy atom. The maximum atomic E-state index is 12.1. The number of hydrogen-bond donors (Lipinski definition) is 2. The van der Waals surface area contributed by atoms with Crippen LogP contribution in [-0.2, 0) is 11.3 Å². The SMILES string of the molecule is CC#CC(=O)N1CC[C@]2(C1)C[C@@H](n1nc(-c3ccc(Oc4ccccc4)nc3)c(CN)c1N)C2. The third-order valence-corrected chi connectivity index (χ3v) is 6.87. The van der Waals surface area contributed by atoms with Gasteiger partial charge in [0.05, 0.1) is 6.04 Å². The van der Waals surface area contributed by atoms with Crippen molar-refractivity contribution in [3.8, 4) is 34.7 Å². The number of nitrogens with two attached hydrogens (primary N) is 2. The van der Waals surface area contributed by atoms with Crippen molar-refractivity contribution in [1.82, 2.24) is 19.7 Å². The average Bonchev–Trinajstić information content (AvgIpc) is 3.41. The van der Waals surface area contributed by atoms with E-state index in [-0.39, 0.29) is 17.4 Å². The molecule has 0 unspecified atom stereocenters. The van der Waals surface area contributed by atoms with Gasteiger partial charge in [-0.1, -0.05) is 24.1 Å². The molecular weight excluding hydrogens is 428 g/mol.